The average molecular weight is 382 g/mol. The summed E-state index contributed by atoms with van der Waals surface area (Å²) in [4.78, 5) is 6.40. The minimum Gasteiger partial charge on any atom is -0.390 e. The van der Waals surface area contributed by atoms with Gasteiger partial charge in [-0.05, 0) is 36.1 Å². The molecule has 5 rings (SSSR count). The van der Waals surface area contributed by atoms with Crippen molar-refractivity contribution in [2.75, 3.05) is 18.0 Å². The standard InChI is InChI=1S/C20H20ClN5O/c21-16-5-6-17(24-23-16)25-10-7-20(8-11-25)15-4-2-1-3-14(15)18(19(20)27)26-12-9-22-13-26/h1-6,9,12-13,18-19,27H,7-8,10-11H2/t18-,19+/m0/s1. The van der Waals surface area contributed by atoms with E-state index in [9.17, 15) is 5.11 Å². The summed E-state index contributed by atoms with van der Waals surface area (Å²) >= 11 is 5.86. The zero-order valence-electron chi connectivity index (χ0n) is 14.7. The summed E-state index contributed by atoms with van der Waals surface area (Å²) in [6.07, 6.45) is 6.73. The van der Waals surface area contributed by atoms with E-state index in [1.807, 2.05) is 22.9 Å². The quantitative estimate of drug-likeness (QED) is 0.739. The summed E-state index contributed by atoms with van der Waals surface area (Å²) in [5, 5.41) is 20.0. The minimum absolute atomic E-state index is 0.0921. The van der Waals surface area contributed by atoms with Crippen LogP contribution in [0.3, 0.4) is 0 Å². The fourth-order valence-electron chi connectivity index (χ4n) is 4.78. The Morgan fingerprint density at radius 2 is 1.89 bits per heavy atom. The van der Waals surface area contributed by atoms with Crippen LogP contribution < -0.4 is 4.90 Å². The van der Waals surface area contributed by atoms with Crippen LogP contribution in [0.15, 0.2) is 55.1 Å². The van der Waals surface area contributed by atoms with Crippen LogP contribution in [-0.2, 0) is 5.41 Å². The molecular formula is C20H20ClN5O. The Morgan fingerprint density at radius 1 is 1.07 bits per heavy atom. The van der Waals surface area contributed by atoms with Gasteiger partial charge in [0.15, 0.2) is 11.0 Å². The molecule has 27 heavy (non-hydrogen) atoms. The number of imidazole rings is 1. The third kappa shape index (κ3) is 2.55. The van der Waals surface area contributed by atoms with Crippen LogP contribution in [0.25, 0.3) is 0 Å². The van der Waals surface area contributed by atoms with Crippen molar-refractivity contribution in [3.05, 3.63) is 71.4 Å². The number of anilines is 1. The Balaban J connectivity index is 1.47. The summed E-state index contributed by atoms with van der Waals surface area (Å²) in [7, 11) is 0. The van der Waals surface area contributed by atoms with Crippen LogP contribution in [-0.4, -0.2) is 44.0 Å². The number of rotatable bonds is 2. The average Bonchev–Trinajstić information content (AvgIpc) is 3.30. The number of aromatic nitrogens is 4. The predicted molar refractivity (Wildman–Crippen MR) is 103 cm³/mol. The highest BCUT2D eigenvalue weighted by atomic mass is 35.5. The maximum Gasteiger partial charge on any atom is 0.151 e. The first-order valence-electron chi connectivity index (χ1n) is 9.18. The van der Waals surface area contributed by atoms with E-state index in [1.54, 1.807) is 18.6 Å². The molecule has 2 aromatic heterocycles. The molecule has 2 atom stereocenters. The number of hydrogen-bond acceptors (Lipinski definition) is 5. The monoisotopic (exact) mass is 381 g/mol. The van der Waals surface area contributed by atoms with Gasteiger partial charge in [-0.25, -0.2) is 4.98 Å². The van der Waals surface area contributed by atoms with Gasteiger partial charge in [-0.2, -0.15) is 0 Å². The fraction of sp³-hybridized carbons (Fsp3) is 0.350. The Hall–Kier alpha value is -2.44. The van der Waals surface area contributed by atoms with E-state index in [2.05, 4.69) is 38.3 Å². The summed E-state index contributed by atoms with van der Waals surface area (Å²) < 4.78 is 2.02. The predicted octanol–water partition coefficient (Wildman–Crippen LogP) is 2.83. The van der Waals surface area contributed by atoms with Crippen molar-refractivity contribution in [1.29, 1.82) is 0 Å². The molecule has 7 heteroatoms. The van der Waals surface area contributed by atoms with Gasteiger partial charge in [0.25, 0.3) is 0 Å². The number of piperidine rings is 1. The Bertz CT molecular complexity index is 935. The van der Waals surface area contributed by atoms with Crippen LogP contribution in [0.5, 0.6) is 0 Å². The topological polar surface area (TPSA) is 67.1 Å². The van der Waals surface area contributed by atoms with Gasteiger partial charge in [-0.15, -0.1) is 10.2 Å². The van der Waals surface area contributed by atoms with Crippen LogP contribution in [0.4, 0.5) is 5.82 Å². The van der Waals surface area contributed by atoms with Crippen molar-refractivity contribution in [3.63, 3.8) is 0 Å². The van der Waals surface area contributed by atoms with Crippen molar-refractivity contribution in [3.8, 4) is 0 Å². The lowest BCUT2D eigenvalue weighted by Gasteiger charge is -2.43. The van der Waals surface area contributed by atoms with Crippen molar-refractivity contribution in [2.24, 2.45) is 0 Å². The van der Waals surface area contributed by atoms with E-state index in [4.69, 9.17) is 11.6 Å². The summed E-state index contributed by atoms with van der Waals surface area (Å²) in [6.45, 7) is 1.64. The van der Waals surface area contributed by atoms with Crippen LogP contribution in [0, 0.1) is 0 Å². The van der Waals surface area contributed by atoms with Crippen LogP contribution in [0.1, 0.15) is 30.0 Å². The van der Waals surface area contributed by atoms with Crippen molar-refractivity contribution >= 4 is 17.4 Å². The van der Waals surface area contributed by atoms with Crippen molar-refractivity contribution in [1.82, 2.24) is 19.7 Å². The van der Waals surface area contributed by atoms with Gasteiger partial charge in [0, 0.05) is 30.9 Å². The molecule has 1 fully saturated rings. The fourth-order valence-corrected chi connectivity index (χ4v) is 4.88. The molecule has 1 saturated heterocycles. The van der Waals surface area contributed by atoms with Gasteiger partial charge in [-0.1, -0.05) is 35.9 Å². The van der Waals surface area contributed by atoms with Crippen LogP contribution >= 0.6 is 11.6 Å². The van der Waals surface area contributed by atoms with Gasteiger partial charge >= 0.3 is 0 Å². The number of halogens is 1. The van der Waals surface area contributed by atoms with Gasteiger partial charge < -0.3 is 14.6 Å². The highest BCUT2D eigenvalue weighted by Crippen LogP contribution is 2.52. The zero-order chi connectivity index (χ0) is 18.4. The largest absolute Gasteiger partial charge is 0.390 e. The molecule has 0 unspecified atom stereocenters. The SMILES string of the molecule is O[C@@H]1[C@@H](n2ccnc2)c2ccccc2C12CCN(c1ccc(Cl)nn1)CC2. The van der Waals surface area contributed by atoms with Crippen molar-refractivity contribution in [2.45, 2.75) is 30.4 Å². The third-order valence-electron chi connectivity index (χ3n) is 6.12. The zero-order valence-corrected chi connectivity index (χ0v) is 15.5. The van der Waals surface area contributed by atoms with Gasteiger partial charge in [-0.3, -0.25) is 0 Å². The van der Waals surface area contributed by atoms with Crippen molar-refractivity contribution < 1.29 is 5.11 Å². The first-order valence-corrected chi connectivity index (χ1v) is 9.56. The van der Waals surface area contributed by atoms with E-state index in [0.29, 0.717) is 5.15 Å². The minimum atomic E-state index is -0.484. The Kier molecular flexibility index (Phi) is 3.91. The third-order valence-corrected chi connectivity index (χ3v) is 6.33. The normalized spacial score (nSPS) is 23.6. The molecule has 1 aromatic carbocycles. The summed E-state index contributed by atoms with van der Waals surface area (Å²) in [6, 6.07) is 12.0. The maximum absolute atomic E-state index is 11.4. The molecule has 1 aliphatic carbocycles. The lowest BCUT2D eigenvalue weighted by atomic mass is 9.72. The number of aliphatic hydroxyl groups excluding tert-OH is 1. The van der Waals surface area contributed by atoms with Gasteiger partial charge in [0.1, 0.15) is 0 Å². The van der Waals surface area contributed by atoms with E-state index in [0.717, 1.165) is 31.7 Å². The van der Waals surface area contributed by atoms with E-state index >= 15 is 0 Å². The number of fused-ring (bicyclic) bond motifs is 2. The molecular weight excluding hydrogens is 362 g/mol. The highest BCUT2D eigenvalue weighted by Gasteiger charge is 2.53. The van der Waals surface area contributed by atoms with Gasteiger partial charge in [0.05, 0.1) is 18.5 Å². The van der Waals surface area contributed by atoms with E-state index < -0.39 is 6.10 Å². The molecule has 1 N–H and O–H groups in total. The van der Waals surface area contributed by atoms with E-state index in [1.165, 1.54) is 11.1 Å². The molecule has 3 heterocycles. The molecule has 0 bridgehead atoms. The highest BCUT2D eigenvalue weighted by molar-refractivity contribution is 6.29. The summed E-state index contributed by atoms with van der Waals surface area (Å²) in [5.41, 5.74) is 2.21. The Labute approximate surface area is 162 Å². The molecule has 0 amide bonds. The number of aliphatic hydroxyl groups is 1. The molecule has 0 saturated carbocycles. The van der Waals surface area contributed by atoms with Crippen LogP contribution in [0.2, 0.25) is 5.15 Å². The second kappa shape index (κ2) is 6.32. The molecule has 1 spiro atoms. The van der Waals surface area contributed by atoms with Gasteiger partial charge in [0.2, 0.25) is 0 Å². The maximum atomic E-state index is 11.4. The molecule has 1 aliphatic heterocycles. The lowest BCUT2D eigenvalue weighted by Crippen LogP contribution is -2.48. The number of nitrogens with zero attached hydrogens (tertiary/aromatic N) is 5. The van der Waals surface area contributed by atoms with E-state index in [-0.39, 0.29) is 11.5 Å². The Morgan fingerprint density at radius 3 is 2.59 bits per heavy atom. The number of benzene rings is 1. The number of hydrogen-bond donors (Lipinski definition) is 1. The summed E-state index contributed by atoms with van der Waals surface area (Å²) in [5.74, 6) is 0.834. The second-order valence-corrected chi connectivity index (χ2v) is 7.73. The molecule has 6 nitrogen and oxygen atoms in total. The molecule has 138 valence electrons. The molecule has 2 aliphatic rings. The second-order valence-electron chi connectivity index (χ2n) is 7.34. The first-order chi connectivity index (χ1) is 13.2. The molecule has 0 radical (unpaired) electrons. The smallest absolute Gasteiger partial charge is 0.151 e. The first kappa shape index (κ1) is 16.7. The lowest BCUT2D eigenvalue weighted by molar-refractivity contribution is 0.0492. The molecule has 3 aromatic rings.